The number of carbonyl (C=O) groups is 3. The van der Waals surface area contributed by atoms with E-state index in [1.165, 1.54) is 31.3 Å². The Bertz CT molecular complexity index is 1460. The fourth-order valence-electron chi connectivity index (χ4n) is 4.81. The van der Waals surface area contributed by atoms with Gasteiger partial charge in [0, 0.05) is 23.9 Å². The van der Waals surface area contributed by atoms with E-state index in [9.17, 15) is 19.5 Å². The number of rotatable bonds is 5. The predicted molar refractivity (Wildman–Crippen MR) is 141 cm³/mol. The van der Waals surface area contributed by atoms with Crippen LogP contribution < -0.4 is 19.3 Å². The van der Waals surface area contributed by atoms with Gasteiger partial charge < -0.3 is 24.2 Å². The smallest absolute Gasteiger partial charge is 0.337 e. The van der Waals surface area contributed by atoms with Crippen LogP contribution in [-0.4, -0.2) is 57.2 Å². The zero-order valence-corrected chi connectivity index (χ0v) is 21.1. The molecule has 1 saturated heterocycles. The first-order valence-electron chi connectivity index (χ1n) is 12.0. The average molecular weight is 515 g/mol. The van der Waals surface area contributed by atoms with E-state index in [0.717, 1.165) is 5.69 Å². The van der Waals surface area contributed by atoms with Crippen LogP contribution in [0, 0.1) is 0 Å². The van der Waals surface area contributed by atoms with E-state index >= 15 is 0 Å². The number of ether oxygens (including phenoxy) is 3. The fraction of sp³-hybridized carbons (Fsp3) is 0.207. The van der Waals surface area contributed by atoms with E-state index in [1.807, 2.05) is 11.9 Å². The number of amides is 1. The van der Waals surface area contributed by atoms with Crippen molar-refractivity contribution < 1.29 is 33.7 Å². The highest BCUT2D eigenvalue weighted by atomic mass is 16.5. The summed E-state index contributed by atoms with van der Waals surface area (Å²) in [5, 5.41) is 11.5. The Morgan fingerprint density at radius 2 is 1.71 bits per heavy atom. The topological polar surface area (TPSA) is 106 Å². The van der Waals surface area contributed by atoms with Crippen LogP contribution in [0.1, 0.15) is 27.5 Å². The van der Waals surface area contributed by atoms with Crippen molar-refractivity contribution in [2.45, 2.75) is 6.04 Å². The van der Waals surface area contributed by atoms with E-state index < -0.39 is 23.7 Å². The van der Waals surface area contributed by atoms with Gasteiger partial charge in [0.15, 0.2) is 0 Å². The van der Waals surface area contributed by atoms with Crippen LogP contribution in [0.3, 0.4) is 0 Å². The molecule has 3 aromatic rings. The summed E-state index contributed by atoms with van der Waals surface area (Å²) in [4.78, 5) is 42.2. The molecule has 0 aromatic heterocycles. The third-order valence-electron chi connectivity index (χ3n) is 6.77. The van der Waals surface area contributed by atoms with E-state index in [-0.39, 0.29) is 11.3 Å². The van der Waals surface area contributed by atoms with Crippen molar-refractivity contribution in [3.8, 4) is 11.5 Å². The molecule has 0 aliphatic carbocycles. The van der Waals surface area contributed by atoms with E-state index in [0.29, 0.717) is 47.0 Å². The third kappa shape index (κ3) is 4.11. The number of anilines is 2. The zero-order chi connectivity index (χ0) is 27.0. The van der Waals surface area contributed by atoms with Crippen molar-refractivity contribution in [1.29, 1.82) is 0 Å². The summed E-state index contributed by atoms with van der Waals surface area (Å²) < 4.78 is 16.0. The summed E-state index contributed by atoms with van der Waals surface area (Å²) in [6.45, 7) is 1.22. The highest BCUT2D eigenvalue weighted by Crippen LogP contribution is 2.45. The Kier molecular flexibility index (Phi) is 6.50. The molecule has 2 aliphatic heterocycles. The first-order chi connectivity index (χ1) is 18.3. The van der Waals surface area contributed by atoms with Gasteiger partial charge in [-0.1, -0.05) is 18.2 Å². The molecule has 1 amide bonds. The lowest BCUT2D eigenvalue weighted by Crippen LogP contribution is -2.29. The van der Waals surface area contributed by atoms with Gasteiger partial charge >= 0.3 is 5.97 Å². The molecule has 2 heterocycles. The van der Waals surface area contributed by atoms with Crippen LogP contribution in [0.4, 0.5) is 11.4 Å². The number of Topliss-reactive ketones (excluding diaryl/α,β-unsaturated/α-hetero) is 1. The van der Waals surface area contributed by atoms with Gasteiger partial charge in [0.2, 0.25) is 0 Å². The van der Waals surface area contributed by atoms with Crippen molar-refractivity contribution in [3.63, 3.8) is 0 Å². The van der Waals surface area contributed by atoms with Crippen LogP contribution in [0.2, 0.25) is 0 Å². The summed E-state index contributed by atoms with van der Waals surface area (Å²) in [6.07, 6.45) is 0. The number of benzene rings is 3. The van der Waals surface area contributed by atoms with Gasteiger partial charge in [-0.3, -0.25) is 14.5 Å². The summed E-state index contributed by atoms with van der Waals surface area (Å²) in [7, 11) is 4.69. The molecular weight excluding hydrogens is 488 g/mol. The number of methoxy groups -OCH3 is 2. The van der Waals surface area contributed by atoms with Gasteiger partial charge in [-0.15, -0.1) is 0 Å². The standard InChI is InChI=1S/C29H26N2O7/c1-30-14-15-38-23-13-10-18(16-21(23)30)26(32)24-25(20-6-4-5-7-22(20)36-2)31(28(34)27(24)33)19-11-8-17(9-12-19)29(35)37-3/h4-13,16,25,32H,14-15H2,1-3H3/b26-24+. The monoisotopic (exact) mass is 514 g/mol. The molecule has 5 rings (SSSR count). The minimum Gasteiger partial charge on any atom is -0.507 e. The molecule has 1 atom stereocenters. The summed E-state index contributed by atoms with van der Waals surface area (Å²) >= 11 is 0. The number of hydrogen-bond donors (Lipinski definition) is 1. The maximum Gasteiger partial charge on any atom is 0.337 e. The predicted octanol–water partition coefficient (Wildman–Crippen LogP) is 3.94. The first-order valence-corrected chi connectivity index (χ1v) is 12.0. The highest BCUT2D eigenvalue weighted by molar-refractivity contribution is 6.51. The van der Waals surface area contributed by atoms with Crippen LogP contribution in [0.25, 0.3) is 5.76 Å². The van der Waals surface area contributed by atoms with Crippen LogP contribution in [0.15, 0.2) is 72.3 Å². The minimum atomic E-state index is -0.986. The number of likely N-dealkylation sites (N-methyl/N-ethyl adjacent to an activating group) is 1. The number of nitrogens with zero attached hydrogens (tertiary/aromatic N) is 2. The highest BCUT2D eigenvalue weighted by Gasteiger charge is 2.48. The second-order valence-electron chi connectivity index (χ2n) is 8.90. The Morgan fingerprint density at radius 3 is 2.42 bits per heavy atom. The maximum absolute atomic E-state index is 13.5. The Morgan fingerprint density at radius 1 is 1.00 bits per heavy atom. The van der Waals surface area contributed by atoms with Crippen LogP contribution >= 0.6 is 0 Å². The summed E-state index contributed by atoms with van der Waals surface area (Å²) in [5.41, 5.74) is 2.25. The molecule has 3 aromatic carbocycles. The molecule has 0 radical (unpaired) electrons. The molecular formula is C29H26N2O7. The van der Waals surface area contributed by atoms with Crippen LogP contribution in [-0.2, 0) is 14.3 Å². The lowest BCUT2D eigenvalue weighted by molar-refractivity contribution is -0.132. The molecule has 1 N–H and O–H groups in total. The molecule has 38 heavy (non-hydrogen) atoms. The van der Waals surface area contributed by atoms with Crippen molar-refractivity contribution in [3.05, 3.63) is 89.0 Å². The summed E-state index contributed by atoms with van der Waals surface area (Å²) in [5.74, 6) is -1.37. The van der Waals surface area contributed by atoms with Gasteiger partial charge in [-0.2, -0.15) is 0 Å². The Labute approximate surface area is 219 Å². The van der Waals surface area contributed by atoms with Gasteiger partial charge in [0.05, 0.1) is 43.6 Å². The number of esters is 1. The second kappa shape index (κ2) is 9.93. The lowest BCUT2D eigenvalue weighted by atomic mass is 9.94. The Balaban J connectivity index is 1.69. The molecule has 9 nitrogen and oxygen atoms in total. The number of aliphatic hydroxyl groups excluding tert-OH is 1. The average Bonchev–Trinajstić information content (AvgIpc) is 3.22. The van der Waals surface area contributed by atoms with Gasteiger partial charge in [-0.25, -0.2) is 4.79 Å². The van der Waals surface area contributed by atoms with E-state index in [2.05, 4.69) is 0 Å². The minimum absolute atomic E-state index is 0.0733. The maximum atomic E-state index is 13.5. The largest absolute Gasteiger partial charge is 0.507 e. The molecule has 0 saturated carbocycles. The number of hydrogen-bond acceptors (Lipinski definition) is 8. The molecule has 1 fully saturated rings. The molecule has 2 aliphatic rings. The van der Waals surface area contributed by atoms with Gasteiger partial charge in [-0.05, 0) is 48.5 Å². The number of para-hydroxylation sites is 1. The van der Waals surface area contributed by atoms with Gasteiger partial charge in [0.1, 0.15) is 23.9 Å². The van der Waals surface area contributed by atoms with E-state index in [1.54, 1.807) is 54.6 Å². The number of fused-ring (bicyclic) bond motifs is 1. The van der Waals surface area contributed by atoms with Crippen molar-refractivity contribution in [2.75, 3.05) is 44.2 Å². The van der Waals surface area contributed by atoms with Crippen LogP contribution in [0.5, 0.6) is 11.5 Å². The van der Waals surface area contributed by atoms with E-state index in [4.69, 9.17) is 14.2 Å². The fourth-order valence-corrected chi connectivity index (χ4v) is 4.81. The quantitative estimate of drug-likeness (QED) is 0.236. The molecule has 9 heteroatoms. The molecule has 1 unspecified atom stereocenters. The molecule has 194 valence electrons. The number of aliphatic hydroxyl groups is 1. The number of ketones is 1. The first kappa shape index (κ1) is 24.9. The van der Waals surface area contributed by atoms with Crippen molar-refractivity contribution >= 4 is 34.8 Å². The SMILES string of the molecule is COC(=O)c1ccc(N2C(=O)C(=O)/C(=C(/O)c3ccc4c(c3)N(C)CCO4)C2c2ccccc2OC)cc1. The van der Waals surface area contributed by atoms with Crippen molar-refractivity contribution in [2.24, 2.45) is 0 Å². The van der Waals surface area contributed by atoms with Gasteiger partial charge in [0.25, 0.3) is 11.7 Å². The summed E-state index contributed by atoms with van der Waals surface area (Å²) in [6, 6.07) is 17.3. The van der Waals surface area contributed by atoms with Crippen molar-refractivity contribution in [1.82, 2.24) is 0 Å². The second-order valence-corrected chi connectivity index (χ2v) is 8.90. The zero-order valence-electron chi connectivity index (χ0n) is 21.1. The Hall–Kier alpha value is -4.79. The lowest BCUT2D eigenvalue weighted by Gasteiger charge is -2.28. The number of carbonyl (C=O) groups excluding carboxylic acids is 3. The molecule has 0 bridgehead atoms. The molecule has 0 spiro atoms. The third-order valence-corrected chi connectivity index (χ3v) is 6.77. The normalized spacial score (nSPS) is 18.1.